The van der Waals surface area contributed by atoms with Crippen molar-refractivity contribution in [3.63, 3.8) is 0 Å². The zero-order chi connectivity index (χ0) is 9.19. The van der Waals surface area contributed by atoms with Crippen LogP contribution in [0.1, 0.15) is 0 Å². The smallest absolute Gasteiger partial charge is 0.126 e. The average molecular weight is 239 g/mol. The number of hydrogen-bond donors (Lipinski definition) is 2. The highest BCUT2D eigenvalue weighted by Crippen LogP contribution is 2.48. The van der Waals surface area contributed by atoms with Crippen LogP contribution in [0.3, 0.4) is 0 Å². The SMILES string of the molecule is NP(N)(=S)Sc1cccc(Cl)c1. The maximum atomic E-state index is 5.76. The maximum Gasteiger partial charge on any atom is 0.126 e. The molecule has 0 spiro atoms. The predicted molar refractivity (Wildman–Crippen MR) is 60.0 cm³/mol. The molecule has 0 unspecified atom stereocenters. The lowest BCUT2D eigenvalue weighted by Crippen LogP contribution is -1.98. The van der Waals surface area contributed by atoms with Crippen LogP contribution in [0.25, 0.3) is 0 Å². The maximum absolute atomic E-state index is 5.76. The van der Waals surface area contributed by atoms with E-state index in [2.05, 4.69) is 0 Å². The van der Waals surface area contributed by atoms with Gasteiger partial charge in [-0.1, -0.05) is 40.9 Å². The van der Waals surface area contributed by atoms with E-state index in [0.29, 0.717) is 5.02 Å². The summed E-state index contributed by atoms with van der Waals surface area (Å²) in [6, 6.07) is 7.32. The molecule has 4 N–H and O–H groups in total. The third-order valence-corrected chi connectivity index (χ3v) is 4.19. The second-order valence-electron chi connectivity index (χ2n) is 2.19. The van der Waals surface area contributed by atoms with Crippen molar-refractivity contribution in [1.82, 2.24) is 0 Å². The lowest BCUT2D eigenvalue weighted by molar-refractivity contribution is 1.48. The third-order valence-electron chi connectivity index (χ3n) is 1.04. The number of halogens is 1. The molecular formula is C6H8ClN2PS2. The second kappa shape index (κ2) is 4.09. The molecule has 1 rings (SSSR count). The minimum atomic E-state index is -2.22. The standard InChI is InChI=1S/C6H8ClN2PS2/c7-5-2-1-3-6(4-5)12-10(8,9)11/h1-4H,(H4,8,9,11). The average Bonchev–Trinajstić information content (AvgIpc) is 1.82. The van der Waals surface area contributed by atoms with Gasteiger partial charge in [-0.15, -0.1) is 0 Å². The molecule has 0 amide bonds. The topological polar surface area (TPSA) is 52.0 Å². The summed E-state index contributed by atoms with van der Waals surface area (Å²) in [6.07, 6.45) is 0. The van der Waals surface area contributed by atoms with Crippen LogP contribution < -0.4 is 11.0 Å². The molecule has 0 saturated carbocycles. The fourth-order valence-electron chi connectivity index (χ4n) is 0.689. The van der Waals surface area contributed by atoms with Gasteiger partial charge in [0, 0.05) is 9.92 Å². The van der Waals surface area contributed by atoms with Gasteiger partial charge in [-0.05, 0) is 18.2 Å². The number of hydrogen-bond acceptors (Lipinski definition) is 2. The molecule has 0 aliphatic heterocycles. The molecule has 0 saturated heterocycles. The molecule has 1 aromatic carbocycles. The van der Waals surface area contributed by atoms with Gasteiger partial charge in [-0.3, -0.25) is 11.0 Å². The van der Waals surface area contributed by atoms with Gasteiger partial charge in [0.25, 0.3) is 0 Å². The van der Waals surface area contributed by atoms with E-state index < -0.39 is 5.54 Å². The third kappa shape index (κ3) is 3.90. The highest BCUT2D eigenvalue weighted by atomic mass is 35.5. The highest BCUT2D eigenvalue weighted by Gasteiger charge is 2.05. The van der Waals surface area contributed by atoms with Crippen molar-refractivity contribution in [3.05, 3.63) is 29.3 Å². The minimum Gasteiger partial charge on any atom is -0.283 e. The lowest BCUT2D eigenvalue weighted by Gasteiger charge is -2.08. The molecule has 12 heavy (non-hydrogen) atoms. The van der Waals surface area contributed by atoms with Gasteiger partial charge in [-0.25, -0.2) is 0 Å². The molecule has 0 aliphatic rings. The Kier molecular flexibility index (Phi) is 3.58. The first-order valence-corrected chi connectivity index (χ1v) is 7.84. The molecule has 0 bridgehead atoms. The Morgan fingerprint density at radius 1 is 1.42 bits per heavy atom. The quantitative estimate of drug-likeness (QED) is 0.778. The summed E-state index contributed by atoms with van der Waals surface area (Å²) in [5.74, 6) is 0. The van der Waals surface area contributed by atoms with Gasteiger partial charge in [0.2, 0.25) is 0 Å². The first-order valence-electron chi connectivity index (χ1n) is 3.10. The molecular weight excluding hydrogens is 231 g/mol. The van der Waals surface area contributed by atoms with Crippen molar-refractivity contribution in [2.75, 3.05) is 0 Å². The Bertz CT molecular complexity index is 325. The first kappa shape index (κ1) is 10.5. The van der Waals surface area contributed by atoms with Crippen molar-refractivity contribution in [1.29, 1.82) is 0 Å². The first-order chi connectivity index (χ1) is 5.47. The number of rotatable bonds is 2. The van der Waals surface area contributed by atoms with E-state index in [1.807, 2.05) is 12.1 Å². The molecule has 0 heterocycles. The summed E-state index contributed by atoms with van der Waals surface area (Å²) < 4.78 is 0. The van der Waals surface area contributed by atoms with Gasteiger partial charge in [0.05, 0.1) is 0 Å². The summed E-state index contributed by atoms with van der Waals surface area (Å²) >= 11 is 12.0. The van der Waals surface area contributed by atoms with Crippen LogP contribution in [0.5, 0.6) is 0 Å². The summed E-state index contributed by atoms with van der Waals surface area (Å²) in [5, 5.41) is 0.670. The summed E-state index contributed by atoms with van der Waals surface area (Å²) in [4.78, 5) is 0.927. The van der Waals surface area contributed by atoms with Crippen LogP contribution in [0.2, 0.25) is 5.02 Å². The summed E-state index contributed by atoms with van der Waals surface area (Å²) in [5.41, 5.74) is 8.87. The van der Waals surface area contributed by atoms with Crippen molar-refractivity contribution in [2.24, 2.45) is 11.0 Å². The molecule has 66 valence electrons. The van der Waals surface area contributed by atoms with E-state index in [4.69, 9.17) is 34.4 Å². The normalized spacial score (nSPS) is 11.6. The van der Waals surface area contributed by atoms with Crippen LogP contribution in [0.15, 0.2) is 29.2 Å². The molecule has 0 fully saturated rings. The van der Waals surface area contributed by atoms with Gasteiger partial charge < -0.3 is 0 Å². The Labute approximate surface area is 85.5 Å². The molecule has 0 aliphatic carbocycles. The summed E-state index contributed by atoms with van der Waals surface area (Å²) in [7, 11) is 0. The second-order valence-corrected chi connectivity index (χ2v) is 9.44. The van der Waals surface area contributed by atoms with Crippen LogP contribution in [0, 0.1) is 0 Å². The van der Waals surface area contributed by atoms with Gasteiger partial charge >= 0.3 is 0 Å². The number of nitrogens with two attached hydrogens (primary N) is 2. The fourth-order valence-corrected chi connectivity index (χ4v) is 3.70. The molecule has 2 nitrogen and oxygen atoms in total. The van der Waals surface area contributed by atoms with Crippen molar-refractivity contribution < 1.29 is 0 Å². The monoisotopic (exact) mass is 238 g/mol. The highest BCUT2D eigenvalue weighted by molar-refractivity contribution is 8.69. The van der Waals surface area contributed by atoms with Gasteiger partial charge in [-0.2, -0.15) is 0 Å². The molecule has 0 radical (unpaired) electrons. The van der Waals surface area contributed by atoms with Crippen molar-refractivity contribution in [3.8, 4) is 0 Å². The van der Waals surface area contributed by atoms with E-state index in [1.165, 1.54) is 11.4 Å². The molecule has 0 aromatic heterocycles. The van der Waals surface area contributed by atoms with E-state index in [9.17, 15) is 0 Å². The van der Waals surface area contributed by atoms with E-state index in [-0.39, 0.29) is 0 Å². The van der Waals surface area contributed by atoms with E-state index in [0.717, 1.165) is 4.90 Å². The predicted octanol–water partition coefficient (Wildman–Crippen LogP) is 2.57. The van der Waals surface area contributed by atoms with Crippen LogP contribution in [0.4, 0.5) is 0 Å². The van der Waals surface area contributed by atoms with Crippen LogP contribution in [-0.4, -0.2) is 0 Å². The molecule has 1 aromatic rings. The van der Waals surface area contributed by atoms with E-state index in [1.54, 1.807) is 12.1 Å². The summed E-state index contributed by atoms with van der Waals surface area (Å²) in [6.45, 7) is 0. The zero-order valence-electron chi connectivity index (χ0n) is 6.11. The fraction of sp³-hybridized carbons (Fsp3) is 0. The molecule has 0 atom stereocenters. The van der Waals surface area contributed by atoms with E-state index >= 15 is 0 Å². The van der Waals surface area contributed by atoms with Gasteiger partial charge in [0.1, 0.15) is 5.54 Å². The minimum absolute atomic E-state index is 0.670. The Balaban J connectivity index is 2.84. The molecule has 6 heteroatoms. The van der Waals surface area contributed by atoms with Crippen LogP contribution >= 0.6 is 28.5 Å². The number of benzene rings is 1. The largest absolute Gasteiger partial charge is 0.283 e. The Morgan fingerprint density at radius 3 is 2.58 bits per heavy atom. The van der Waals surface area contributed by atoms with Crippen molar-refractivity contribution >= 4 is 40.3 Å². The lowest BCUT2D eigenvalue weighted by atomic mass is 10.4. The van der Waals surface area contributed by atoms with Crippen LogP contribution in [-0.2, 0) is 11.8 Å². The van der Waals surface area contributed by atoms with Crippen molar-refractivity contribution in [2.45, 2.75) is 4.90 Å². The Hall–Kier alpha value is 0.430. The Morgan fingerprint density at radius 2 is 2.08 bits per heavy atom. The zero-order valence-corrected chi connectivity index (χ0v) is 9.39. The van der Waals surface area contributed by atoms with Gasteiger partial charge in [0.15, 0.2) is 0 Å².